The molecule has 0 saturated heterocycles. The van der Waals surface area contributed by atoms with Crippen molar-refractivity contribution >= 4 is 23.2 Å². The normalized spacial score (nSPS) is 10.4. The Balaban J connectivity index is 1.50. The van der Waals surface area contributed by atoms with E-state index in [1.165, 1.54) is 0 Å². The van der Waals surface area contributed by atoms with Crippen molar-refractivity contribution in [3.63, 3.8) is 0 Å². The highest BCUT2D eigenvalue weighted by atomic mass is 16.5. The van der Waals surface area contributed by atoms with E-state index in [1.807, 2.05) is 42.5 Å². The number of para-hydroxylation sites is 2. The first-order valence-corrected chi connectivity index (χ1v) is 10.1. The Morgan fingerprint density at radius 2 is 1.32 bits per heavy atom. The molecule has 6 heteroatoms. The fourth-order valence-corrected chi connectivity index (χ4v) is 2.97. The number of benzene rings is 3. The number of amides is 2. The van der Waals surface area contributed by atoms with Gasteiger partial charge in [0.15, 0.2) is 13.2 Å². The van der Waals surface area contributed by atoms with Gasteiger partial charge < -0.3 is 20.1 Å². The Labute approximate surface area is 182 Å². The van der Waals surface area contributed by atoms with E-state index in [0.29, 0.717) is 28.8 Å². The van der Waals surface area contributed by atoms with Crippen LogP contribution in [0.3, 0.4) is 0 Å². The van der Waals surface area contributed by atoms with E-state index in [-0.39, 0.29) is 25.0 Å². The summed E-state index contributed by atoms with van der Waals surface area (Å²) in [7, 11) is 0. The van der Waals surface area contributed by atoms with Crippen LogP contribution >= 0.6 is 0 Å². The molecule has 0 saturated carbocycles. The summed E-state index contributed by atoms with van der Waals surface area (Å²) in [5.41, 5.74) is 2.18. The molecule has 3 aromatic carbocycles. The standard InChI is InChI=1S/C25H26N2O4/c1-18(2)22-13-6-7-14-23(22)31-17-25(29)27-20-10-8-9-19(15-20)26-24(28)16-30-21-11-4-3-5-12-21/h3-15,18H,16-17H2,1-2H3,(H,26,28)(H,27,29). The Kier molecular flexibility index (Phi) is 7.65. The van der Waals surface area contributed by atoms with E-state index in [9.17, 15) is 9.59 Å². The Morgan fingerprint density at radius 3 is 1.97 bits per heavy atom. The van der Waals surface area contributed by atoms with E-state index in [2.05, 4.69) is 24.5 Å². The van der Waals surface area contributed by atoms with Crippen LogP contribution in [0.25, 0.3) is 0 Å². The maximum absolute atomic E-state index is 12.3. The Morgan fingerprint density at radius 1 is 0.742 bits per heavy atom. The van der Waals surface area contributed by atoms with Crippen LogP contribution in [0.2, 0.25) is 0 Å². The van der Waals surface area contributed by atoms with Gasteiger partial charge in [0.1, 0.15) is 11.5 Å². The van der Waals surface area contributed by atoms with Crippen molar-refractivity contribution in [2.45, 2.75) is 19.8 Å². The topological polar surface area (TPSA) is 76.7 Å². The van der Waals surface area contributed by atoms with Crippen LogP contribution in [0.5, 0.6) is 11.5 Å². The number of hydrogen-bond acceptors (Lipinski definition) is 4. The molecule has 0 atom stereocenters. The number of nitrogens with one attached hydrogen (secondary N) is 2. The van der Waals surface area contributed by atoms with Gasteiger partial charge in [-0.1, -0.05) is 56.3 Å². The van der Waals surface area contributed by atoms with Gasteiger partial charge >= 0.3 is 0 Å². The Bertz CT molecular complexity index is 1020. The van der Waals surface area contributed by atoms with Crippen LogP contribution in [-0.4, -0.2) is 25.0 Å². The van der Waals surface area contributed by atoms with Crippen LogP contribution in [-0.2, 0) is 9.59 Å². The average molecular weight is 418 g/mol. The third kappa shape index (κ3) is 6.89. The zero-order valence-electron chi connectivity index (χ0n) is 17.6. The largest absolute Gasteiger partial charge is 0.484 e. The summed E-state index contributed by atoms with van der Waals surface area (Å²) in [6.45, 7) is 3.94. The van der Waals surface area contributed by atoms with Crippen molar-refractivity contribution in [3.05, 3.63) is 84.4 Å². The predicted molar refractivity (Wildman–Crippen MR) is 122 cm³/mol. The van der Waals surface area contributed by atoms with Crippen molar-refractivity contribution in [1.29, 1.82) is 0 Å². The highest BCUT2D eigenvalue weighted by Crippen LogP contribution is 2.25. The van der Waals surface area contributed by atoms with Gasteiger partial charge in [-0.2, -0.15) is 0 Å². The van der Waals surface area contributed by atoms with Crippen LogP contribution in [0.4, 0.5) is 11.4 Å². The van der Waals surface area contributed by atoms with E-state index < -0.39 is 0 Å². The first-order valence-electron chi connectivity index (χ1n) is 10.1. The van der Waals surface area contributed by atoms with Gasteiger partial charge in [0, 0.05) is 11.4 Å². The predicted octanol–water partition coefficient (Wildman–Crippen LogP) is 4.85. The molecule has 6 nitrogen and oxygen atoms in total. The number of hydrogen-bond donors (Lipinski definition) is 2. The van der Waals surface area contributed by atoms with Crippen molar-refractivity contribution in [3.8, 4) is 11.5 Å². The van der Waals surface area contributed by atoms with Crippen LogP contribution < -0.4 is 20.1 Å². The highest BCUT2D eigenvalue weighted by molar-refractivity contribution is 5.95. The highest BCUT2D eigenvalue weighted by Gasteiger charge is 2.10. The van der Waals surface area contributed by atoms with Gasteiger partial charge in [-0.05, 0) is 47.9 Å². The van der Waals surface area contributed by atoms with Crippen molar-refractivity contribution in [1.82, 2.24) is 0 Å². The number of anilines is 2. The maximum atomic E-state index is 12.3. The minimum Gasteiger partial charge on any atom is -0.484 e. The van der Waals surface area contributed by atoms with Gasteiger partial charge in [0.2, 0.25) is 0 Å². The number of rotatable bonds is 9. The SMILES string of the molecule is CC(C)c1ccccc1OCC(=O)Nc1cccc(NC(=O)COc2ccccc2)c1. The van der Waals surface area contributed by atoms with Crippen LogP contribution in [0, 0.1) is 0 Å². The second-order valence-electron chi connectivity index (χ2n) is 7.26. The molecule has 2 amide bonds. The summed E-state index contributed by atoms with van der Waals surface area (Å²) < 4.78 is 11.1. The van der Waals surface area contributed by atoms with Gasteiger partial charge in [-0.25, -0.2) is 0 Å². The quantitative estimate of drug-likeness (QED) is 0.521. The van der Waals surface area contributed by atoms with E-state index in [0.717, 1.165) is 5.56 Å². The molecule has 3 aromatic rings. The van der Waals surface area contributed by atoms with Gasteiger partial charge in [0.25, 0.3) is 11.8 Å². The lowest BCUT2D eigenvalue weighted by molar-refractivity contribution is -0.118. The Hall–Kier alpha value is -3.80. The van der Waals surface area contributed by atoms with E-state index in [4.69, 9.17) is 9.47 Å². The second-order valence-corrected chi connectivity index (χ2v) is 7.26. The molecule has 0 heterocycles. The van der Waals surface area contributed by atoms with Gasteiger partial charge in [0.05, 0.1) is 0 Å². The molecular weight excluding hydrogens is 392 g/mol. The molecule has 0 spiro atoms. The van der Waals surface area contributed by atoms with E-state index >= 15 is 0 Å². The molecule has 2 N–H and O–H groups in total. The van der Waals surface area contributed by atoms with Gasteiger partial charge in [-0.3, -0.25) is 9.59 Å². The smallest absolute Gasteiger partial charge is 0.262 e. The zero-order chi connectivity index (χ0) is 22.1. The fourth-order valence-electron chi connectivity index (χ4n) is 2.97. The third-order valence-corrected chi connectivity index (χ3v) is 4.44. The molecule has 0 aliphatic carbocycles. The maximum Gasteiger partial charge on any atom is 0.262 e. The summed E-state index contributed by atoms with van der Waals surface area (Å²) in [5, 5.41) is 5.54. The number of carbonyl (C=O) groups excluding carboxylic acids is 2. The fraction of sp³-hybridized carbons (Fsp3) is 0.200. The van der Waals surface area contributed by atoms with Crippen LogP contribution in [0.15, 0.2) is 78.9 Å². The van der Waals surface area contributed by atoms with Crippen molar-refractivity contribution < 1.29 is 19.1 Å². The summed E-state index contributed by atoms with van der Waals surface area (Å²) in [6.07, 6.45) is 0. The monoisotopic (exact) mass is 418 g/mol. The van der Waals surface area contributed by atoms with E-state index in [1.54, 1.807) is 36.4 Å². The molecule has 31 heavy (non-hydrogen) atoms. The van der Waals surface area contributed by atoms with Crippen molar-refractivity contribution in [2.24, 2.45) is 0 Å². The molecule has 160 valence electrons. The lowest BCUT2D eigenvalue weighted by Crippen LogP contribution is -2.21. The molecule has 0 aliphatic rings. The first-order chi connectivity index (χ1) is 15.0. The molecule has 0 radical (unpaired) electrons. The lowest BCUT2D eigenvalue weighted by atomic mass is 10.0. The summed E-state index contributed by atoms with van der Waals surface area (Å²) in [6, 6.07) is 23.7. The number of carbonyl (C=O) groups is 2. The third-order valence-electron chi connectivity index (χ3n) is 4.44. The summed E-state index contributed by atoms with van der Waals surface area (Å²) >= 11 is 0. The molecule has 0 unspecified atom stereocenters. The average Bonchev–Trinajstić information content (AvgIpc) is 2.77. The van der Waals surface area contributed by atoms with Gasteiger partial charge in [-0.15, -0.1) is 0 Å². The molecule has 0 bridgehead atoms. The zero-order valence-corrected chi connectivity index (χ0v) is 17.6. The molecule has 3 rings (SSSR count). The first kappa shape index (κ1) is 21.9. The molecule has 0 aromatic heterocycles. The summed E-state index contributed by atoms with van der Waals surface area (Å²) in [5.74, 6) is 1.05. The van der Waals surface area contributed by atoms with Crippen molar-refractivity contribution in [2.75, 3.05) is 23.8 Å². The second kappa shape index (κ2) is 10.8. The molecule has 0 fully saturated rings. The molecule has 0 aliphatic heterocycles. The van der Waals surface area contributed by atoms with Crippen LogP contribution in [0.1, 0.15) is 25.3 Å². The summed E-state index contributed by atoms with van der Waals surface area (Å²) in [4.78, 5) is 24.4. The number of ether oxygens (including phenoxy) is 2. The lowest BCUT2D eigenvalue weighted by Gasteiger charge is -2.14. The minimum absolute atomic E-state index is 0.106. The minimum atomic E-state index is -0.291. The molecular formula is C25H26N2O4.